The maximum atomic E-state index is 11.8. The van der Waals surface area contributed by atoms with Crippen LogP contribution in [0, 0.1) is 10.1 Å². The third-order valence-electron chi connectivity index (χ3n) is 2.85. The van der Waals surface area contributed by atoms with Gasteiger partial charge in [0.1, 0.15) is 17.7 Å². The minimum atomic E-state index is -0.553. The molecule has 1 amide bonds. The van der Waals surface area contributed by atoms with E-state index in [2.05, 4.69) is 21.0 Å². The van der Waals surface area contributed by atoms with E-state index in [1.54, 1.807) is 6.92 Å². The van der Waals surface area contributed by atoms with Crippen LogP contribution < -0.4 is 21.9 Å². The standard InChI is InChI=1S/C11H16N6O3/c1-6(11(18)14-7-2-3-7)13-9-4-8(17(19)20)5-10(15-9)16-12/h4-7H,2-3,12H2,1H3,(H,14,18)(H2,13,15,16). The molecule has 0 bridgehead atoms. The Bertz CT molecular complexity index is 531. The second kappa shape index (κ2) is 5.70. The summed E-state index contributed by atoms with van der Waals surface area (Å²) in [6, 6.07) is 2.17. The fraction of sp³-hybridized carbons (Fsp3) is 0.455. The second-order valence-electron chi connectivity index (χ2n) is 4.65. The molecule has 0 saturated heterocycles. The highest BCUT2D eigenvalue weighted by molar-refractivity contribution is 5.84. The first-order valence-electron chi connectivity index (χ1n) is 6.19. The third kappa shape index (κ3) is 3.54. The van der Waals surface area contributed by atoms with Crippen molar-refractivity contribution in [3.63, 3.8) is 0 Å². The molecule has 0 radical (unpaired) electrons. The molecule has 1 aromatic rings. The van der Waals surface area contributed by atoms with E-state index in [4.69, 9.17) is 5.84 Å². The zero-order valence-corrected chi connectivity index (χ0v) is 10.9. The van der Waals surface area contributed by atoms with Crippen molar-refractivity contribution in [2.45, 2.75) is 31.8 Å². The zero-order chi connectivity index (χ0) is 14.7. The van der Waals surface area contributed by atoms with E-state index in [0.717, 1.165) is 12.8 Å². The summed E-state index contributed by atoms with van der Waals surface area (Å²) in [7, 11) is 0. The van der Waals surface area contributed by atoms with Crippen molar-refractivity contribution in [1.82, 2.24) is 10.3 Å². The van der Waals surface area contributed by atoms with Crippen LogP contribution in [0.2, 0.25) is 0 Å². The molecule has 1 aliphatic carbocycles. The first-order chi connectivity index (χ1) is 9.49. The highest BCUT2D eigenvalue weighted by atomic mass is 16.6. The van der Waals surface area contributed by atoms with Crippen molar-refractivity contribution >= 4 is 23.2 Å². The van der Waals surface area contributed by atoms with Crippen LogP contribution in [0.25, 0.3) is 0 Å². The highest BCUT2D eigenvalue weighted by Crippen LogP contribution is 2.21. The van der Waals surface area contributed by atoms with Gasteiger partial charge in [-0.05, 0) is 19.8 Å². The van der Waals surface area contributed by atoms with Gasteiger partial charge in [0, 0.05) is 6.04 Å². The van der Waals surface area contributed by atoms with E-state index in [0.29, 0.717) is 0 Å². The minimum absolute atomic E-state index is 0.150. The molecular formula is C11H16N6O3. The number of nitro groups is 1. The van der Waals surface area contributed by atoms with E-state index in [9.17, 15) is 14.9 Å². The van der Waals surface area contributed by atoms with Gasteiger partial charge in [0.15, 0.2) is 0 Å². The predicted octanol–water partition coefficient (Wildman–Crippen LogP) is 0.354. The van der Waals surface area contributed by atoms with Gasteiger partial charge in [-0.15, -0.1) is 0 Å². The normalized spacial score (nSPS) is 15.3. The number of rotatable bonds is 6. The summed E-state index contributed by atoms with van der Waals surface area (Å²) in [5.41, 5.74) is 2.09. The Morgan fingerprint density at radius 1 is 1.50 bits per heavy atom. The SMILES string of the molecule is CC(Nc1cc([N+](=O)[O-])cc(NN)n1)C(=O)NC1CC1. The van der Waals surface area contributed by atoms with Gasteiger partial charge in [-0.2, -0.15) is 0 Å². The minimum Gasteiger partial charge on any atom is -0.358 e. The lowest BCUT2D eigenvalue weighted by molar-refractivity contribution is -0.384. The van der Waals surface area contributed by atoms with Gasteiger partial charge in [0.05, 0.1) is 17.1 Å². The van der Waals surface area contributed by atoms with Crippen LogP contribution in [0.5, 0.6) is 0 Å². The number of nitrogens with two attached hydrogens (primary N) is 1. The molecule has 1 aromatic heterocycles. The molecule has 9 nitrogen and oxygen atoms in total. The summed E-state index contributed by atoms with van der Waals surface area (Å²) < 4.78 is 0. The van der Waals surface area contributed by atoms with Gasteiger partial charge in [0.2, 0.25) is 5.91 Å². The Balaban J connectivity index is 2.08. The first-order valence-corrected chi connectivity index (χ1v) is 6.19. The van der Waals surface area contributed by atoms with Crippen LogP contribution in [-0.4, -0.2) is 27.9 Å². The Hall–Kier alpha value is -2.42. The molecule has 1 atom stereocenters. The number of nitrogen functional groups attached to an aromatic ring is 1. The molecule has 1 saturated carbocycles. The molecule has 108 valence electrons. The van der Waals surface area contributed by atoms with Crippen molar-refractivity contribution in [1.29, 1.82) is 0 Å². The summed E-state index contributed by atoms with van der Waals surface area (Å²) >= 11 is 0. The third-order valence-corrected chi connectivity index (χ3v) is 2.85. The molecule has 0 aromatic carbocycles. The summed E-state index contributed by atoms with van der Waals surface area (Å²) in [6.07, 6.45) is 1.99. The Labute approximate surface area is 115 Å². The number of amides is 1. The van der Waals surface area contributed by atoms with Gasteiger partial charge >= 0.3 is 0 Å². The zero-order valence-electron chi connectivity index (χ0n) is 10.9. The van der Waals surface area contributed by atoms with Crippen LogP contribution >= 0.6 is 0 Å². The lowest BCUT2D eigenvalue weighted by Gasteiger charge is -2.14. The van der Waals surface area contributed by atoms with Gasteiger partial charge in [-0.25, -0.2) is 10.8 Å². The van der Waals surface area contributed by atoms with Crippen LogP contribution in [0.15, 0.2) is 12.1 Å². The molecule has 1 heterocycles. The second-order valence-corrected chi connectivity index (χ2v) is 4.65. The van der Waals surface area contributed by atoms with E-state index < -0.39 is 11.0 Å². The summed E-state index contributed by atoms with van der Waals surface area (Å²) in [6.45, 7) is 1.66. The summed E-state index contributed by atoms with van der Waals surface area (Å²) in [4.78, 5) is 26.1. The monoisotopic (exact) mass is 280 g/mol. The molecule has 1 unspecified atom stereocenters. The number of carbonyl (C=O) groups excluding carboxylic acids is 1. The molecule has 1 aliphatic rings. The van der Waals surface area contributed by atoms with Crippen molar-refractivity contribution in [3.05, 3.63) is 22.2 Å². The molecule has 5 N–H and O–H groups in total. The molecule has 2 rings (SSSR count). The Morgan fingerprint density at radius 2 is 2.15 bits per heavy atom. The average molecular weight is 280 g/mol. The van der Waals surface area contributed by atoms with Crippen LogP contribution in [0.1, 0.15) is 19.8 Å². The number of carbonyl (C=O) groups is 1. The number of nitrogens with one attached hydrogen (secondary N) is 3. The molecule has 9 heteroatoms. The lowest BCUT2D eigenvalue weighted by atomic mass is 10.3. The van der Waals surface area contributed by atoms with Crippen molar-refractivity contribution in [3.8, 4) is 0 Å². The lowest BCUT2D eigenvalue weighted by Crippen LogP contribution is -2.38. The highest BCUT2D eigenvalue weighted by Gasteiger charge is 2.26. The largest absolute Gasteiger partial charge is 0.358 e. The number of hydrogen-bond acceptors (Lipinski definition) is 7. The smallest absolute Gasteiger partial charge is 0.276 e. The maximum Gasteiger partial charge on any atom is 0.276 e. The molecule has 0 spiro atoms. The number of hydrogen-bond donors (Lipinski definition) is 4. The molecular weight excluding hydrogens is 264 g/mol. The van der Waals surface area contributed by atoms with Gasteiger partial charge in [0.25, 0.3) is 5.69 Å². The maximum absolute atomic E-state index is 11.8. The van der Waals surface area contributed by atoms with Crippen molar-refractivity contribution in [2.75, 3.05) is 10.7 Å². The van der Waals surface area contributed by atoms with Crippen LogP contribution in [-0.2, 0) is 4.79 Å². The number of nitrogens with zero attached hydrogens (tertiary/aromatic N) is 2. The first kappa shape index (κ1) is 14.0. The van der Waals surface area contributed by atoms with Gasteiger partial charge in [-0.3, -0.25) is 14.9 Å². The van der Waals surface area contributed by atoms with E-state index >= 15 is 0 Å². The Morgan fingerprint density at radius 3 is 2.70 bits per heavy atom. The van der Waals surface area contributed by atoms with Gasteiger partial charge in [-0.1, -0.05) is 0 Å². The number of anilines is 2. The van der Waals surface area contributed by atoms with Crippen molar-refractivity contribution in [2.24, 2.45) is 5.84 Å². The van der Waals surface area contributed by atoms with E-state index in [1.807, 2.05) is 0 Å². The predicted molar refractivity (Wildman–Crippen MR) is 73.0 cm³/mol. The Kier molecular flexibility index (Phi) is 3.99. The topological polar surface area (TPSA) is 135 Å². The van der Waals surface area contributed by atoms with E-state index in [1.165, 1.54) is 12.1 Å². The quantitative estimate of drug-likeness (QED) is 0.335. The summed E-state index contributed by atoms with van der Waals surface area (Å²) in [5, 5.41) is 16.5. The van der Waals surface area contributed by atoms with Crippen LogP contribution in [0.3, 0.4) is 0 Å². The molecule has 0 aliphatic heterocycles. The van der Waals surface area contributed by atoms with Gasteiger partial charge < -0.3 is 16.1 Å². The molecule has 20 heavy (non-hydrogen) atoms. The number of hydrazine groups is 1. The van der Waals surface area contributed by atoms with E-state index in [-0.39, 0.29) is 29.3 Å². The number of pyridine rings is 1. The van der Waals surface area contributed by atoms with Crippen molar-refractivity contribution < 1.29 is 9.72 Å². The fourth-order valence-corrected chi connectivity index (χ4v) is 1.61. The van der Waals surface area contributed by atoms with Crippen LogP contribution in [0.4, 0.5) is 17.3 Å². The molecule has 1 fully saturated rings. The fourth-order valence-electron chi connectivity index (χ4n) is 1.61. The number of aromatic nitrogens is 1. The summed E-state index contributed by atoms with van der Waals surface area (Å²) in [5.74, 6) is 5.41. The average Bonchev–Trinajstić information content (AvgIpc) is 3.22.